The molecule has 0 aromatic heterocycles. The molecule has 2 rings (SSSR count). The molecule has 0 fully saturated rings. The van der Waals surface area contributed by atoms with E-state index in [0.29, 0.717) is 5.75 Å². The van der Waals surface area contributed by atoms with Gasteiger partial charge in [0, 0.05) is 16.6 Å². The van der Waals surface area contributed by atoms with Gasteiger partial charge in [0.2, 0.25) is 5.91 Å². The molecule has 0 aliphatic carbocycles. The number of hydrogen-bond donors (Lipinski definition) is 1. The van der Waals surface area contributed by atoms with Crippen molar-refractivity contribution in [3.05, 3.63) is 48.5 Å². The molecule has 21 heavy (non-hydrogen) atoms. The van der Waals surface area contributed by atoms with Crippen LogP contribution in [0, 0.1) is 0 Å². The predicted octanol–water partition coefficient (Wildman–Crippen LogP) is 3.43. The monoisotopic (exact) mass is 303 g/mol. The summed E-state index contributed by atoms with van der Waals surface area (Å²) in [7, 11) is 3.23. The van der Waals surface area contributed by atoms with E-state index in [0.717, 1.165) is 22.1 Å². The average Bonchev–Trinajstić information content (AvgIpc) is 2.53. The van der Waals surface area contributed by atoms with Gasteiger partial charge in [-0.15, -0.1) is 11.8 Å². The number of methoxy groups -OCH3 is 2. The van der Waals surface area contributed by atoms with Crippen molar-refractivity contribution in [2.24, 2.45) is 0 Å². The Morgan fingerprint density at radius 3 is 2.43 bits per heavy atom. The van der Waals surface area contributed by atoms with Gasteiger partial charge in [-0.1, -0.05) is 6.07 Å². The van der Waals surface area contributed by atoms with E-state index in [1.165, 1.54) is 11.8 Å². The van der Waals surface area contributed by atoms with Crippen LogP contribution in [0.2, 0.25) is 0 Å². The molecule has 0 aliphatic rings. The molecule has 1 N–H and O–H groups in total. The van der Waals surface area contributed by atoms with Crippen molar-refractivity contribution in [2.45, 2.75) is 4.90 Å². The van der Waals surface area contributed by atoms with E-state index in [2.05, 4.69) is 5.32 Å². The maximum atomic E-state index is 11.9. The fourth-order valence-electron chi connectivity index (χ4n) is 1.72. The molecule has 0 unspecified atom stereocenters. The molecule has 0 saturated carbocycles. The molecular weight excluding hydrogens is 286 g/mol. The highest BCUT2D eigenvalue weighted by Gasteiger charge is 2.04. The van der Waals surface area contributed by atoms with Gasteiger partial charge in [0.25, 0.3) is 0 Å². The van der Waals surface area contributed by atoms with Crippen molar-refractivity contribution in [1.82, 2.24) is 0 Å². The van der Waals surface area contributed by atoms with Crippen molar-refractivity contribution >= 4 is 23.4 Å². The van der Waals surface area contributed by atoms with Gasteiger partial charge in [0.05, 0.1) is 20.0 Å². The number of thioether (sulfide) groups is 1. The van der Waals surface area contributed by atoms with Crippen molar-refractivity contribution in [1.29, 1.82) is 0 Å². The van der Waals surface area contributed by atoms with Crippen LogP contribution in [0.4, 0.5) is 5.69 Å². The van der Waals surface area contributed by atoms with Gasteiger partial charge in [0.1, 0.15) is 11.5 Å². The Morgan fingerprint density at radius 2 is 1.76 bits per heavy atom. The smallest absolute Gasteiger partial charge is 0.234 e. The lowest BCUT2D eigenvalue weighted by Crippen LogP contribution is -2.13. The van der Waals surface area contributed by atoms with Crippen LogP contribution in [-0.4, -0.2) is 25.9 Å². The van der Waals surface area contributed by atoms with E-state index in [9.17, 15) is 4.79 Å². The van der Waals surface area contributed by atoms with Crippen LogP contribution < -0.4 is 14.8 Å². The zero-order valence-corrected chi connectivity index (χ0v) is 12.8. The van der Waals surface area contributed by atoms with Crippen LogP contribution in [0.1, 0.15) is 0 Å². The van der Waals surface area contributed by atoms with Gasteiger partial charge >= 0.3 is 0 Å². The van der Waals surface area contributed by atoms with Crippen LogP contribution in [0.5, 0.6) is 11.5 Å². The van der Waals surface area contributed by atoms with E-state index in [1.54, 1.807) is 20.3 Å². The normalized spacial score (nSPS) is 10.0. The Bertz CT molecular complexity index is 599. The molecule has 0 heterocycles. The topological polar surface area (TPSA) is 47.6 Å². The van der Waals surface area contributed by atoms with Crippen molar-refractivity contribution in [3.63, 3.8) is 0 Å². The molecular formula is C16H17NO3S. The van der Waals surface area contributed by atoms with Gasteiger partial charge < -0.3 is 14.8 Å². The highest BCUT2D eigenvalue weighted by molar-refractivity contribution is 8.00. The standard InChI is InChI=1S/C16H17NO3S/c1-19-13-6-8-15(9-7-13)21-11-16(18)17-12-4-3-5-14(10-12)20-2/h3-10H,11H2,1-2H3,(H,17,18). The van der Waals surface area contributed by atoms with E-state index < -0.39 is 0 Å². The Hall–Kier alpha value is -2.14. The second-order valence-electron chi connectivity index (χ2n) is 4.24. The fraction of sp³-hybridized carbons (Fsp3) is 0.188. The first kappa shape index (κ1) is 15.3. The molecule has 2 aromatic rings. The lowest BCUT2D eigenvalue weighted by molar-refractivity contribution is -0.113. The molecule has 4 nitrogen and oxygen atoms in total. The minimum Gasteiger partial charge on any atom is -0.497 e. The first-order chi connectivity index (χ1) is 10.2. The third-order valence-corrected chi connectivity index (χ3v) is 3.79. The third kappa shape index (κ3) is 4.72. The molecule has 0 bridgehead atoms. The Balaban J connectivity index is 1.86. The number of ether oxygens (including phenoxy) is 2. The minimum atomic E-state index is -0.0518. The summed E-state index contributed by atoms with van der Waals surface area (Å²) in [4.78, 5) is 12.9. The first-order valence-corrected chi connectivity index (χ1v) is 7.40. The Labute approximate surface area is 128 Å². The summed E-state index contributed by atoms with van der Waals surface area (Å²) in [5.74, 6) is 1.82. The number of carbonyl (C=O) groups excluding carboxylic acids is 1. The molecule has 1 amide bonds. The number of rotatable bonds is 6. The van der Waals surface area contributed by atoms with E-state index in [-0.39, 0.29) is 5.91 Å². The highest BCUT2D eigenvalue weighted by atomic mass is 32.2. The molecule has 0 saturated heterocycles. The molecule has 110 valence electrons. The van der Waals surface area contributed by atoms with Crippen LogP contribution in [0.3, 0.4) is 0 Å². The summed E-state index contributed by atoms with van der Waals surface area (Å²) in [5, 5.41) is 2.84. The lowest BCUT2D eigenvalue weighted by Gasteiger charge is -2.07. The number of carbonyl (C=O) groups is 1. The quantitative estimate of drug-likeness (QED) is 0.831. The third-order valence-electron chi connectivity index (χ3n) is 2.78. The Kier molecular flexibility index (Phi) is 5.51. The largest absolute Gasteiger partial charge is 0.497 e. The average molecular weight is 303 g/mol. The van der Waals surface area contributed by atoms with Crippen molar-refractivity contribution < 1.29 is 14.3 Å². The summed E-state index contributed by atoms with van der Waals surface area (Å²) < 4.78 is 10.2. The van der Waals surface area contributed by atoms with Gasteiger partial charge in [-0.2, -0.15) is 0 Å². The second kappa shape index (κ2) is 7.59. The summed E-state index contributed by atoms with van der Waals surface area (Å²) >= 11 is 1.48. The zero-order valence-electron chi connectivity index (χ0n) is 12.0. The second-order valence-corrected chi connectivity index (χ2v) is 5.29. The minimum absolute atomic E-state index is 0.0518. The fourth-order valence-corrected chi connectivity index (χ4v) is 2.42. The van der Waals surface area contributed by atoms with Gasteiger partial charge in [-0.05, 0) is 36.4 Å². The summed E-state index contributed by atoms with van der Waals surface area (Å²) in [6.45, 7) is 0. The van der Waals surface area contributed by atoms with Crippen molar-refractivity contribution in [2.75, 3.05) is 25.3 Å². The molecule has 0 atom stereocenters. The number of amides is 1. The van der Waals surface area contributed by atoms with E-state index in [1.807, 2.05) is 42.5 Å². The van der Waals surface area contributed by atoms with Gasteiger partial charge in [0.15, 0.2) is 0 Å². The zero-order chi connectivity index (χ0) is 15.1. The Morgan fingerprint density at radius 1 is 1.05 bits per heavy atom. The number of anilines is 1. The molecule has 0 aliphatic heterocycles. The molecule has 0 radical (unpaired) electrons. The highest BCUT2D eigenvalue weighted by Crippen LogP contribution is 2.22. The van der Waals surface area contributed by atoms with Crippen LogP contribution in [0.15, 0.2) is 53.4 Å². The summed E-state index contributed by atoms with van der Waals surface area (Å²) in [5.41, 5.74) is 0.731. The SMILES string of the molecule is COc1ccc(SCC(=O)Nc2cccc(OC)c2)cc1. The van der Waals surface area contributed by atoms with Crippen LogP contribution in [0.25, 0.3) is 0 Å². The maximum Gasteiger partial charge on any atom is 0.234 e. The van der Waals surface area contributed by atoms with Crippen molar-refractivity contribution in [3.8, 4) is 11.5 Å². The predicted molar refractivity (Wildman–Crippen MR) is 85.3 cm³/mol. The van der Waals surface area contributed by atoms with E-state index >= 15 is 0 Å². The summed E-state index contributed by atoms with van der Waals surface area (Å²) in [6, 6.07) is 14.9. The number of nitrogens with one attached hydrogen (secondary N) is 1. The van der Waals surface area contributed by atoms with E-state index in [4.69, 9.17) is 9.47 Å². The van der Waals surface area contributed by atoms with Crippen LogP contribution in [-0.2, 0) is 4.79 Å². The number of benzene rings is 2. The molecule has 2 aromatic carbocycles. The number of hydrogen-bond acceptors (Lipinski definition) is 4. The summed E-state index contributed by atoms with van der Waals surface area (Å²) in [6.07, 6.45) is 0. The first-order valence-electron chi connectivity index (χ1n) is 6.42. The van der Waals surface area contributed by atoms with Crippen LogP contribution >= 0.6 is 11.8 Å². The maximum absolute atomic E-state index is 11.9. The lowest BCUT2D eigenvalue weighted by atomic mass is 10.3. The molecule has 0 spiro atoms. The van der Waals surface area contributed by atoms with Gasteiger partial charge in [-0.25, -0.2) is 0 Å². The van der Waals surface area contributed by atoms with Gasteiger partial charge in [-0.3, -0.25) is 4.79 Å². The molecule has 5 heteroatoms.